The fourth-order valence-corrected chi connectivity index (χ4v) is 1.40. The fraction of sp³-hybridized carbons (Fsp3) is 0.818. The van der Waals surface area contributed by atoms with E-state index >= 15 is 0 Å². The maximum absolute atomic E-state index is 9.92. The Balaban J connectivity index is 0. The molecule has 0 spiro atoms. The van der Waals surface area contributed by atoms with E-state index in [1.165, 1.54) is 6.42 Å². The smallest absolute Gasteiger partial charge is 0.222 e. The molecule has 0 aromatic heterocycles. The SMILES string of the molecule is CCC(C)CC(C)(C)CN=C=O.N=C=O. The van der Waals surface area contributed by atoms with Crippen LogP contribution in [0.4, 0.5) is 0 Å². The van der Waals surface area contributed by atoms with Gasteiger partial charge in [0.05, 0.1) is 6.54 Å². The molecule has 0 heterocycles. The molecule has 0 aliphatic heterocycles. The molecule has 0 aromatic carbocycles. The monoisotopic (exact) mass is 212 g/mol. The standard InChI is InChI=1S/C10H19NO.CHNO/c1-5-9(2)6-10(3,4)7-11-8-12;2-1-3/h9H,5-7H2,1-4H3;2H. The summed E-state index contributed by atoms with van der Waals surface area (Å²) in [5.74, 6) is 0.710. The molecular formula is C11H20N2O2. The molecule has 86 valence electrons. The molecule has 0 aliphatic rings. The Morgan fingerprint density at radius 1 is 1.40 bits per heavy atom. The van der Waals surface area contributed by atoms with Gasteiger partial charge in [0, 0.05) is 0 Å². The average molecular weight is 212 g/mol. The second-order valence-corrected chi connectivity index (χ2v) is 4.39. The van der Waals surface area contributed by atoms with Crippen molar-refractivity contribution in [1.29, 1.82) is 5.41 Å². The van der Waals surface area contributed by atoms with Crippen molar-refractivity contribution in [2.45, 2.75) is 40.5 Å². The topological polar surface area (TPSA) is 70.3 Å². The van der Waals surface area contributed by atoms with Crippen molar-refractivity contribution in [2.24, 2.45) is 16.3 Å². The van der Waals surface area contributed by atoms with Gasteiger partial charge in [-0.1, -0.05) is 34.1 Å². The summed E-state index contributed by atoms with van der Waals surface area (Å²) in [4.78, 5) is 21.9. The molecule has 1 atom stereocenters. The number of isocyanates is 2. The van der Waals surface area contributed by atoms with Gasteiger partial charge in [-0.3, -0.25) is 0 Å². The number of rotatable bonds is 5. The van der Waals surface area contributed by atoms with Gasteiger partial charge in [-0.25, -0.2) is 20.0 Å². The normalized spacial score (nSPS) is 11.5. The number of nitrogens with one attached hydrogen (secondary N) is 1. The zero-order valence-corrected chi connectivity index (χ0v) is 9.96. The van der Waals surface area contributed by atoms with Crippen molar-refractivity contribution in [1.82, 2.24) is 0 Å². The summed E-state index contributed by atoms with van der Waals surface area (Å²) in [6.07, 6.45) is 4.65. The van der Waals surface area contributed by atoms with Gasteiger partial charge in [-0.15, -0.1) is 0 Å². The molecule has 0 radical (unpaired) electrons. The highest BCUT2D eigenvalue weighted by atomic mass is 16.1. The van der Waals surface area contributed by atoms with E-state index in [1.54, 1.807) is 6.08 Å². The van der Waals surface area contributed by atoms with E-state index in [0.29, 0.717) is 12.5 Å². The molecule has 0 aromatic rings. The third-order valence-electron chi connectivity index (χ3n) is 2.17. The van der Waals surface area contributed by atoms with Crippen LogP contribution in [0, 0.1) is 16.7 Å². The van der Waals surface area contributed by atoms with Crippen molar-refractivity contribution in [3.63, 3.8) is 0 Å². The molecule has 15 heavy (non-hydrogen) atoms. The number of nitrogens with zero attached hydrogens (tertiary/aromatic N) is 1. The molecule has 0 saturated heterocycles. The summed E-state index contributed by atoms with van der Waals surface area (Å²) in [6, 6.07) is 0. The van der Waals surface area contributed by atoms with Crippen LogP contribution in [0.1, 0.15) is 40.5 Å². The second kappa shape index (κ2) is 9.32. The quantitative estimate of drug-likeness (QED) is 0.562. The molecule has 4 heteroatoms. The molecule has 0 saturated carbocycles. The van der Waals surface area contributed by atoms with Crippen molar-refractivity contribution in [2.75, 3.05) is 6.54 Å². The molecule has 1 N–H and O–H groups in total. The first-order valence-electron chi connectivity index (χ1n) is 5.01. The van der Waals surface area contributed by atoms with E-state index in [1.807, 2.05) is 0 Å². The summed E-state index contributed by atoms with van der Waals surface area (Å²) >= 11 is 0. The Kier molecular flexibility index (Phi) is 10.1. The molecule has 0 bridgehead atoms. The van der Waals surface area contributed by atoms with Crippen molar-refractivity contribution < 1.29 is 9.59 Å². The van der Waals surface area contributed by atoms with Crippen LogP contribution >= 0.6 is 0 Å². The van der Waals surface area contributed by atoms with Crippen LogP contribution in [0.25, 0.3) is 0 Å². The maximum atomic E-state index is 9.92. The third-order valence-corrected chi connectivity index (χ3v) is 2.17. The maximum Gasteiger partial charge on any atom is 0.234 e. The molecule has 0 fully saturated rings. The van der Waals surface area contributed by atoms with Gasteiger partial charge >= 0.3 is 0 Å². The van der Waals surface area contributed by atoms with Crippen LogP contribution in [0.2, 0.25) is 0 Å². The van der Waals surface area contributed by atoms with Crippen LogP contribution in [0.5, 0.6) is 0 Å². The van der Waals surface area contributed by atoms with E-state index in [2.05, 4.69) is 32.7 Å². The van der Waals surface area contributed by atoms with Gasteiger partial charge in [0.15, 0.2) is 0 Å². The van der Waals surface area contributed by atoms with Gasteiger partial charge < -0.3 is 0 Å². The summed E-state index contributed by atoms with van der Waals surface area (Å²) in [6.45, 7) is 9.29. The Morgan fingerprint density at radius 2 is 1.87 bits per heavy atom. The second-order valence-electron chi connectivity index (χ2n) is 4.39. The lowest BCUT2D eigenvalue weighted by Crippen LogP contribution is -2.18. The fourth-order valence-electron chi connectivity index (χ4n) is 1.40. The average Bonchev–Trinajstić information content (AvgIpc) is 2.15. The molecule has 0 amide bonds. The van der Waals surface area contributed by atoms with E-state index in [9.17, 15) is 4.79 Å². The minimum atomic E-state index is 0.146. The van der Waals surface area contributed by atoms with Gasteiger partial charge in [-0.05, 0) is 17.8 Å². The lowest BCUT2D eigenvalue weighted by atomic mass is 9.82. The highest BCUT2D eigenvalue weighted by Crippen LogP contribution is 2.26. The van der Waals surface area contributed by atoms with E-state index in [0.717, 1.165) is 12.5 Å². The summed E-state index contributed by atoms with van der Waals surface area (Å²) in [7, 11) is 0. The van der Waals surface area contributed by atoms with Gasteiger partial charge in [0.25, 0.3) is 0 Å². The molecule has 1 unspecified atom stereocenters. The van der Waals surface area contributed by atoms with Crippen molar-refractivity contribution >= 4 is 12.2 Å². The van der Waals surface area contributed by atoms with Crippen LogP contribution in [-0.4, -0.2) is 18.7 Å². The highest BCUT2D eigenvalue weighted by molar-refractivity contribution is 5.32. The van der Waals surface area contributed by atoms with Gasteiger partial charge in [0.1, 0.15) is 0 Å². The van der Waals surface area contributed by atoms with E-state index in [-0.39, 0.29) is 5.41 Å². The predicted octanol–water partition coefficient (Wildman–Crippen LogP) is 2.69. The Labute approximate surface area is 91.3 Å². The number of hydrogen-bond acceptors (Lipinski definition) is 4. The van der Waals surface area contributed by atoms with Crippen molar-refractivity contribution in [3.8, 4) is 0 Å². The number of carbonyl (C=O) groups excluding carboxylic acids is 2. The van der Waals surface area contributed by atoms with Crippen molar-refractivity contribution in [3.05, 3.63) is 0 Å². The van der Waals surface area contributed by atoms with Crippen LogP contribution in [0.3, 0.4) is 0 Å². The van der Waals surface area contributed by atoms with Crippen LogP contribution in [0.15, 0.2) is 4.99 Å². The number of aliphatic imine (C=N–C) groups is 1. The summed E-state index contributed by atoms with van der Waals surface area (Å²) < 4.78 is 0. The zero-order valence-electron chi connectivity index (χ0n) is 9.96. The molecular weight excluding hydrogens is 192 g/mol. The summed E-state index contributed by atoms with van der Waals surface area (Å²) in [5.41, 5.74) is 0.146. The lowest BCUT2D eigenvalue weighted by molar-refractivity contribution is 0.283. The first kappa shape index (κ1) is 16.2. The van der Waals surface area contributed by atoms with Crippen LogP contribution < -0.4 is 0 Å². The molecule has 0 rings (SSSR count). The highest BCUT2D eigenvalue weighted by Gasteiger charge is 2.19. The Morgan fingerprint density at radius 3 is 2.20 bits per heavy atom. The minimum Gasteiger partial charge on any atom is -0.222 e. The van der Waals surface area contributed by atoms with E-state index < -0.39 is 0 Å². The zero-order chi connectivity index (χ0) is 12.3. The largest absolute Gasteiger partial charge is 0.234 e. The first-order valence-corrected chi connectivity index (χ1v) is 5.01. The molecule has 4 nitrogen and oxygen atoms in total. The Bertz CT molecular complexity index is 237. The first-order chi connectivity index (χ1) is 6.93. The predicted molar refractivity (Wildman–Crippen MR) is 59.3 cm³/mol. The Hall–Kier alpha value is -1.24. The van der Waals surface area contributed by atoms with E-state index in [4.69, 9.17) is 10.2 Å². The number of hydrogen-bond donors (Lipinski definition) is 1. The van der Waals surface area contributed by atoms with Gasteiger partial charge in [-0.2, -0.15) is 0 Å². The summed E-state index contributed by atoms with van der Waals surface area (Å²) in [5, 5.41) is 5.40. The minimum absolute atomic E-state index is 0.146. The van der Waals surface area contributed by atoms with Gasteiger partial charge in [0.2, 0.25) is 12.2 Å². The van der Waals surface area contributed by atoms with Crippen LogP contribution in [-0.2, 0) is 9.59 Å². The molecule has 0 aliphatic carbocycles. The lowest BCUT2D eigenvalue weighted by Gasteiger charge is -2.24. The third kappa shape index (κ3) is 12.8.